The average molecular weight is 264 g/mol. The molecule has 104 valence electrons. The molecule has 1 unspecified atom stereocenters. The van der Waals surface area contributed by atoms with Crippen molar-refractivity contribution in [1.82, 2.24) is 15.1 Å². The summed E-state index contributed by atoms with van der Waals surface area (Å²) < 4.78 is 0. The van der Waals surface area contributed by atoms with Crippen molar-refractivity contribution >= 4 is 12.3 Å². The van der Waals surface area contributed by atoms with Crippen LogP contribution < -0.4 is 5.32 Å². The van der Waals surface area contributed by atoms with Crippen LogP contribution in [0, 0.1) is 11.3 Å². The van der Waals surface area contributed by atoms with Gasteiger partial charge in [-0.1, -0.05) is 6.92 Å². The lowest BCUT2D eigenvalue weighted by Crippen LogP contribution is -2.43. The fraction of sp³-hybridized carbons (Fsp3) is 0.615. The third-order valence-electron chi connectivity index (χ3n) is 3.16. The van der Waals surface area contributed by atoms with E-state index >= 15 is 0 Å². The van der Waals surface area contributed by atoms with Crippen LogP contribution in [-0.2, 0) is 9.59 Å². The molecule has 0 radical (unpaired) electrons. The highest BCUT2D eigenvalue weighted by molar-refractivity contribution is 5.97. The number of hydrogen-bond acceptors (Lipinski definition) is 4. The molecule has 6 nitrogen and oxygen atoms in total. The van der Waals surface area contributed by atoms with Crippen molar-refractivity contribution in [3.63, 3.8) is 0 Å². The summed E-state index contributed by atoms with van der Waals surface area (Å²) in [7, 11) is 0. The average Bonchev–Trinajstić information content (AvgIpc) is 2.44. The van der Waals surface area contributed by atoms with Gasteiger partial charge in [0.05, 0.1) is 0 Å². The normalized spacial score (nSPS) is 17.6. The molecule has 2 amide bonds. The summed E-state index contributed by atoms with van der Waals surface area (Å²) in [6.45, 7) is 6.38. The molecule has 1 saturated heterocycles. The number of piperazine rings is 1. The maximum atomic E-state index is 11.8. The second kappa shape index (κ2) is 7.41. The minimum Gasteiger partial charge on any atom is -0.373 e. The number of hydrogen-bond donors (Lipinski definition) is 1. The van der Waals surface area contributed by atoms with Crippen molar-refractivity contribution in [2.75, 3.05) is 26.2 Å². The summed E-state index contributed by atoms with van der Waals surface area (Å²) in [5.74, 6) is -0.338. The summed E-state index contributed by atoms with van der Waals surface area (Å²) in [5.41, 5.74) is 0.111. The minimum absolute atomic E-state index is 0.0520. The summed E-state index contributed by atoms with van der Waals surface area (Å²) in [4.78, 5) is 26.0. The van der Waals surface area contributed by atoms with Crippen molar-refractivity contribution in [1.29, 1.82) is 5.26 Å². The molecular weight excluding hydrogens is 244 g/mol. The van der Waals surface area contributed by atoms with E-state index in [2.05, 4.69) is 5.32 Å². The van der Waals surface area contributed by atoms with E-state index in [0.29, 0.717) is 26.2 Å². The lowest BCUT2D eigenvalue weighted by Gasteiger charge is -2.31. The van der Waals surface area contributed by atoms with E-state index in [1.54, 1.807) is 11.1 Å². The van der Waals surface area contributed by atoms with E-state index in [1.807, 2.05) is 24.8 Å². The van der Waals surface area contributed by atoms with Crippen LogP contribution in [0.4, 0.5) is 0 Å². The van der Waals surface area contributed by atoms with E-state index in [4.69, 9.17) is 5.26 Å². The molecule has 0 aromatic heterocycles. The molecule has 1 aliphatic rings. The first kappa shape index (κ1) is 15.0. The number of carbonyl (C=O) groups excluding carboxylic acids is 2. The number of rotatable bonds is 5. The summed E-state index contributed by atoms with van der Waals surface area (Å²) in [6, 6.07) is 1.98. The highest BCUT2D eigenvalue weighted by atomic mass is 16.2. The van der Waals surface area contributed by atoms with Gasteiger partial charge < -0.3 is 15.1 Å². The minimum atomic E-state index is -0.338. The van der Waals surface area contributed by atoms with Crippen LogP contribution in [0.2, 0.25) is 0 Å². The number of nitrogens with one attached hydrogen (secondary N) is 1. The Morgan fingerprint density at radius 2 is 1.95 bits per heavy atom. The van der Waals surface area contributed by atoms with E-state index in [0.717, 1.165) is 12.8 Å². The van der Waals surface area contributed by atoms with Crippen molar-refractivity contribution < 1.29 is 9.59 Å². The Morgan fingerprint density at radius 3 is 2.42 bits per heavy atom. The molecule has 1 fully saturated rings. The molecule has 0 spiro atoms. The van der Waals surface area contributed by atoms with Crippen molar-refractivity contribution in [2.24, 2.45) is 0 Å². The van der Waals surface area contributed by atoms with Crippen LogP contribution in [0.25, 0.3) is 0 Å². The van der Waals surface area contributed by atoms with Gasteiger partial charge in [-0.05, 0) is 13.3 Å². The van der Waals surface area contributed by atoms with Gasteiger partial charge in [0.25, 0.3) is 5.91 Å². The van der Waals surface area contributed by atoms with E-state index in [1.165, 1.54) is 0 Å². The second-order valence-electron chi connectivity index (χ2n) is 4.61. The molecule has 0 aromatic rings. The van der Waals surface area contributed by atoms with Gasteiger partial charge in [0, 0.05) is 38.4 Å². The summed E-state index contributed by atoms with van der Waals surface area (Å²) in [5, 5.41) is 11.8. The summed E-state index contributed by atoms with van der Waals surface area (Å²) >= 11 is 0. The maximum absolute atomic E-state index is 11.8. The van der Waals surface area contributed by atoms with E-state index in [-0.39, 0.29) is 17.5 Å². The molecule has 1 heterocycles. The van der Waals surface area contributed by atoms with E-state index in [9.17, 15) is 9.59 Å². The highest BCUT2D eigenvalue weighted by Gasteiger charge is 2.16. The first-order valence-electron chi connectivity index (χ1n) is 6.46. The van der Waals surface area contributed by atoms with Gasteiger partial charge in [-0.15, -0.1) is 0 Å². The largest absolute Gasteiger partial charge is 0.373 e. The van der Waals surface area contributed by atoms with Crippen molar-refractivity contribution in [3.05, 3.63) is 11.8 Å². The van der Waals surface area contributed by atoms with Crippen molar-refractivity contribution in [3.8, 4) is 6.07 Å². The smallest absolute Gasteiger partial charge is 0.263 e. The molecule has 1 rings (SSSR count). The quantitative estimate of drug-likeness (QED) is 0.433. The van der Waals surface area contributed by atoms with Crippen LogP contribution in [0.3, 0.4) is 0 Å². The van der Waals surface area contributed by atoms with Gasteiger partial charge in [-0.2, -0.15) is 5.26 Å². The zero-order valence-corrected chi connectivity index (χ0v) is 11.4. The lowest BCUT2D eigenvalue weighted by atomic mass is 10.2. The fourth-order valence-corrected chi connectivity index (χ4v) is 1.70. The van der Waals surface area contributed by atoms with Gasteiger partial charge in [0.15, 0.2) is 0 Å². The van der Waals surface area contributed by atoms with Gasteiger partial charge >= 0.3 is 0 Å². The van der Waals surface area contributed by atoms with Crippen molar-refractivity contribution in [2.45, 2.75) is 26.3 Å². The van der Waals surface area contributed by atoms with Gasteiger partial charge in [-0.3, -0.25) is 9.59 Å². The van der Waals surface area contributed by atoms with Gasteiger partial charge in [0.1, 0.15) is 11.6 Å². The second-order valence-corrected chi connectivity index (χ2v) is 4.61. The molecule has 19 heavy (non-hydrogen) atoms. The number of nitrogens with zero attached hydrogens (tertiary/aromatic N) is 3. The molecule has 0 aliphatic carbocycles. The predicted molar refractivity (Wildman–Crippen MR) is 70.8 cm³/mol. The Hall–Kier alpha value is -2.03. The Balaban J connectivity index is 2.60. The third kappa shape index (κ3) is 4.62. The zero-order valence-electron chi connectivity index (χ0n) is 11.4. The first-order valence-corrected chi connectivity index (χ1v) is 6.46. The molecule has 1 aliphatic heterocycles. The standard InChI is InChI=1S/C13H20N4O2/c1-3-11(2)15-13(19)12(8-14)9-16-4-6-17(10-18)7-5-16/h9-11H,3-7H2,1-2H3,(H,15,19)/b12-9-. The number of amides is 2. The third-order valence-corrected chi connectivity index (χ3v) is 3.16. The SMILES string of the molecule is CCC(C)NC(=O)/C(C#N)=C\N1CCN(C=O)CC1. The molecule has 6 heteroatoms. The van der Waals surface area contributed by atoms with Gasteiger partial charge in [-0.25, -0.2) is 0 Å². The highest BCUT2D eigenvalue weighted by Crippen LogP contribution is 2.04. The Labute approximate surface area is 113 Å². The predicted octanol–water partition coefficient (Wildman–Crippen LogP) is 0.0826. The number of carbonyl (C=O) groups is 2. The summed E-state index contributed by atoms with van der Waals surface area (Å²) in [6.07, 6.45) is 3.23. The lowest BCUT2D eigenvalue weighted by molar-refractivity contribution is -0.120. The van der Waals surface area contributed by atoms with Crippen LogP contribution in [0.1, 0.15) is 20.3 Å². The van der Waals surface area contributed by atoms with Crippen LogP contribution in [0.15, 0.2) is 11.8 Å². The van der Waals surface area contributed by atoms with Crippen LogP contribution in [0.5, 0.6) is 0 Å². The van der Waals surface area contributed by atoms with Crippen LogP contribution >= 0.6 is 0 Å². The van der Waals surface area contributed by atoms with Gasteiger partial charge in [0.2, 0.25) is 6.41 Å². The zero-order chi connectivity index (χ0) is 14.3. The maximum Gasteiger partial charge on any atom is 0.263 e. The number of nitriles is 1. The molecule has 1 N–H and O–H groups in total. The van der Waals surface area contributed by atoms with Crippen LogP contribution in [-0.4, -0.2) is 54.3 Å². The monoisotopic (exact) mass is 264 g/mol. The first-order chi connectivity index (χ1) is 9.10. The fourth-order valence-electron chi connectivity index (χ4n) is 1.70. The molecule has 0 saturated carbocycles. The molecule has 1 atom stereocenters. The molecule has 0 bridgehead atoms. The Kier molecular flexibility index (Phi) is 5.86. The molecular formula is C13H20N4O2. The molecule has 0 aromatic carbocycles. The topological polar surface area (TPSA) is 76.4 Å². The Morgan fingerprint density at radius 1 is 1.37 bits per heavy atom. The van der Waals surface area contributed by atoms with E-state index < -0.39 is 0 Å². The Bertz CT molecular complexity index is 392.